The summed E-state index contributed by atoms with van der Waals surface area (Å²) in [4.78, 5) is 0. The van der Waals surface area contributed by atoms with Crippen molar-refractivity contribution < 1.29 is 34.6 Å². The summed E-state index contributed by atoms with van der Waals surface area (Å²) in [7, 11) is -2.17. The summed E-state index contributed by atoms with van der Waals surface area (Å²) in [6.45, 7) is 0. The molecule has 3 nitrogen and oxygen atoms in total. The monoisotopic (exact) mass is 166 g/mol. The van der Waals surface area contributed by atoms with Crippen molar-refractivity contribution in [3.63, 3.8) is 0 Å². The van der Waals surface area contributed by atoms with Gasteiger partial charge in [-0.15, -0.1) is 0 Å². The van der Waals surface area contributed by atoms with Gasteiger partial charge in [-0.2, -0.15) is 0 Å². The van der Waals surface area contributed by atoms with E-state index in [0.29, 0.717) is 0 Å². The van der Waals surface area contributed by atoms with Crippen molar-refractivity contribution in [2.45, 2.75) is 0 Å². The molecule has 24 valence electrons. The summed E-state index contributed by atoms with van der Waals surface area (Å²) in [6.07, 6.45) is 0. The summed E-state index contributed by atoms with van der Waals surface area (Å²) in [5.74, 6) is 0. The van der Waals surface area contributed by atoms with E-state index in [1.54, 1.807) is 0 Å². The van der Waals surface area contributed by atoms with Gasteiger partial charge in [0.15, 0.2) is 0 Å². The predicted octanol–water partition coefficient (Wildman–Crippen LogP) is -2.44. The van der Waals surface area contributed by atoms with Gasteiger partial charge in [0, 0.05) is 0 Å². The van der Waals surface area contributed by atoms with Gasteiger partial charge in [-0.25, -0.2) is 0 Å². The zero-order valence-electron chi connectivity index (χ0n) is 3.33. The van der Waals surface area contributed by atoms with Gasteiger partial charge in [0.1, 0.15) is 0 Å². The van der Waals surface area contributed by atoms with Crippen LogP contribution in [0.3, 0.4) is 0 Å². The van der Waals surface area contributed by atoms with Crippen LogP contribution in [-0.4, -0.2) is 60.1 Å². The van der Waals surface area contributed by atoms with Gasteiger partial charge in [0.2, 0.25) is 0 Å². The second-order valence-electron chi connectivity index (χ2n) is 0.346. The first-order valence-corrected chi connectivity index (χ1v) is 0.775. The molecule has 0 heterocycles. The molecule has 0 aromatic heterocycles. The van der Waals surface area contributed by atoms with E-state index >= 15 is 0 Å². The second-order valence-corrected chi connectivity index (χ2v) is 0.346. The van der Waals surface area contributed by atoms with Gasteiger partial charge in [-0.1, -0.05) is 0 Å². The first-order valence-electron chi connectivity index (χ1n) is 0.775. The Kier molecular flexibility index (Phi) is 26.0. The molecule has 0 saturated heterocycles. The average molecular weight is 167 g/mol. The van der Waals surface area contributed by atoms with Crippen LogP contribution in [0.15, 0.2) is 0 Å². The molecule has 3 N–H and O–H groups in total. The smallest absolute Gasteiger partial charge is 0.402 e. The van der Waals surface area contributed by atoms with E-state index in [2.05, 4.69) is 0 Å². The van der Waals surface area contributed by atoms with Crippen molar-refractivity contribution >= 4 is 45.1 Å². The maximum absolute atomic E-state index is 7.17. The SMILES string of the molecule is OB(O)O.[Ca+2].[Zn+2]. The van der Waals surface area contributed by atoms with E-state index < -0.39 is 7.32 Å². The van der Waals surface area contributed by atoms with Crippen molar-refractivity contribution in [1.82, 2.24) is 0 Å². The molecule has 0 unspecified atom stereocenters. The van der Waals surface area contributed by atoms with E-state index in [4.69, 9.17) is 15.1 Å². The quantitative estimate of drug-likeness (QED) is 0.351. The van der Waals surface area contributed by atoms with Crippen molar-refractivity contribution in [1.29, 1.82) is 0 Å². The van der Waals surface area contributed by atoms with Crippen LogP contribution in [0.25, 0.3) is 0 Å². The Hall–Kier alpha value is 1.83. The molecule has 0 bridgehead atoms. The van der Waals surface area contributed by atoms with Gasteiger partial charge in [0.05, 0.1) is 0 Å². The van der Waals surface area contributed by atoms with Crippen LogP contribution in [0.5, 0.6) is 0 Å². The molecular formula is H3BCaO3Zn+4. The van der Waals surface area contributed by atoms with E-state index in [1.807, 2.05) is 0 Å². The first-order chi connectivity index (χ1) is 1.73. The van der Waals surface area contributed by atoms with Crippen LogP contribution in [0.1, 0.15) is 0 Å². The maximum Gasteiger partial charge on any atom is 2.00 e. The summed E-state index contributed by atoms with van der Waals surface area (Å²) < 4.78 is 0. The van der Waals surface area contributed by atoms with Crippen LogP contribution in [0.4, 0.5) is 0 Å². The van der Waals surface area contributed by atoms with Gasteiger partial charge in [-0.05, 0) is 0 Å². The molecule has 0 rings (SSSR count). The summed E-state index contributed by atoms with van der Waals surface area (Å²) in [6, 6.07) is 0. The third kappa shape index (κ3) is 40.7. The Bertz CT molecular complexity index is 15.5. The molecule has 6 heavy (non-hydrogen) atoms. The van der Waals surface area contributed by atoms with Gasteiger partial charge < -0.3 is 15.1 Å². The van der Waals surface area contributed by atoms with Crippen LogP contribution >= 0.6 is 0 Å². The Morgan fingerprint density at radius 3 is 1.00 bits per heavy atom. The Labute approximate surface area is 78.7 Å². The Balaban J connectivity index is -0.0000000450. The average Bonchev–Trinajstić information content (AvgIpc) is 0.811. The third-order valence-corrected chi connectivity index (χ3v) is 0. The third-order valence-electron chi connectivity index (χ3n) is 0. The topological polar surface area (TPSA) is 60.7 Å². The van der Waals surface area contributed by atoms with Crippen molar-refractivity contribution in [3.05, 3.63) is 0 Å². The molecule has 0 fully saturated rings. The van der Waals surface area contributed by atoms with Crippen LogP contribution in [0.2, 0.25) is 0 Å². The Morgan fingerprint density at radius 1 is 1.00 bits per heavy atom. The largest absolute Gasteiger partial charge is 2.00 e. The van der Waals surface area contributed by atoms with E-state index in [-0.39, 0.29) is 57.2 Å². The minimum atomic E-state index is -2.17. The van der Waals surface area contributed by atoms with Gasteiger partial charge >= 0.3 is 64.5 Å². The van der Waals surface area contributed by atoms with Gasteiger partial charge in [-0.3, -0.25) is 0 Å². The van der Waals surface area contributed by atoms with Gasteiger partial charge in [0.25, 0.3) is 0 Å². The number of hydrogen-bond acceptors (Lipinski definition) is 3. The first kappa shape index (κ1) is 15.7. The number of hydrogen-bond donors (Lipinski definition) is 3. The number of rotatable bonds is 0. The van der Waals surface area contributed by atoms with Crippen LogP contribution < -0.4 is 0 Å². The maximum atomic E-state index is 7.17. The second kappa shape index (κ2) is 9.95. The van der Waals surface area contributed by atoms with E-state index in [9.17, 15) is 0 Å². The summed E-state index contributed by atoms with van der Waals surface area (Å²) in [5, 5.41) is 21.5. The standard InChI is InChI=1S/BH3O3.Ca.Zn/c2-1(3)4;;/h2-4H;;/q;2*+2. The minimum absolute atomic E-state index is 0. The molecule has 0 aliphatic heterocycles. The molecule has 0 atom stereocenters. The fraction of sp³-hybridized carbons (Fsp3) is 0. The van der Waals surface area contributed by atoms with E-state index in [1.165, 1.54) is 0 Å². The molecule has 0 aliphatic rings. The van der Waals surface area contributed by atoms with Crippen molar-refractivity contribution in [2.75, 3.05) is 0 Å². The molecule has 0 saturated carbocycles. The molecule has 0 radical (unpaired) electrons. The molecule has 0 aromatic carbocycles. The fourth-order valence-electron chi connectivity index (χ4n) is 0. The molecule has 0 aromatic rings. The molecule has 0 spiro atoms. The van der Waals surface area contributed by atoms with Crippen LogP contribution in [-0.2, 0) is 19.5 Å². The predicted molar refractivity (Wildman–Crippen MR) is 18.2 cm³/mol. The Morgan fingerprint density at radius 2 is 1.00 bits per heavy atom. The summed E-state index contributed by atoms with van der Waals surface area (Å²) in [5.41, 5.74) is 0. The molecular weight excluding hydrogens is 164 g/mol. The minimum Gasteiger partial charge on any atom is -0.402 e. The molecule has 6 heteroatoms. The van der Waals surface area contributed by atoms with Crippen LogP contribution in [0, 0.1) is 0 Å². The van der Waals surface area contributed by atoms with Crippen molar-refractivity contribution in [2.24, 2.45) is 0 Å². The van der Waals surface area contributed by atoms with E-state index in [0.717, 1.165) is 0 Å². The molecule has 0 amide bonds. The zero-order chi connectivity index (χ0) is 3.58. The summed E-state index contributed by atoms with van der Waals surface area (Å²) >= 11 is 0. The zero-order valence-corrected chi connectivity index (χ0v) is 8.51. The fourth-order valence-corrected chi connectivity index (χ4v) is 0. The van der Waals surface area contributed by atoms with Crippen molar-refractivity contribution in [3.8, 4) is 0 Å². The normalized spacial score (nSPS) is 4.50. The molecule has 0 aliphatic carbocycles.